The first kappa shape index (κ1) is 16.2. The average Bonchev–Trinajstić information content (AvgIpc) is 3.15. The number of carbonyl (C=O) groups excluding carboxylic acids is 1. The number of aromatic nitrogens is 1. The normalized spacial score (nSPS) is 10.7. The van der Waals surface area contributed by atoms with Gasteiger partial charge < -0.3 is 5.32 Å². The van der Waals surface area contributed by atoms with Crippen LogP contribution in [0.5, 0.6) is 0 Å². The van der Waals surface area contributed by atoms with Crippen LogP contribution in [-0.4, -0.2) is 10.9 Å². The van der Waals surface area contributed by atoms with Crippen molar-refractivity contribution in [1.29, 1.82) is 0 Å². The molecule has 0 aliphatic rings. The van der Waals surface area contributed by atoms with Gasteiger partial charge in [0.2, 0.25) is 5.91 Å². The van der Waals surface area contributed by atoms with E-state index in [1.165, 1.54) is 28.2 Å². The van der Waals surface area contributed by atoms with E-state index in [0.29, 0.717) is 13.0 Å². The van der Waals surface area contributed by atoms with Gasteiger partial charge in [-0.05, 0) is 30.2 Å². The zero-order valence-corrected chi connectivity index (χ0v) is 14.9. The number of nitrogens with one attached hydrogen (secondary N) is 1. The first-order valence-corrected chi connectivity index (χ1v) is 9.20. The van der Waals surface area contributed by atoms with E-state index in [-0.39, 0.29) is 5.91 Å². The summed E-state index contributed by atoms with van der Waals surface area (Å²) in [4.78, 5) is 17.6. The number of nitrogens with zero attached hydrogens (tertiary/aromatic N) is 1. The fraction of sp³-hybridized carbons (Fsp3) is 0.176. The fourth-order valence-electron chi connectivity index (χ4n) is 2.16. The quantitative estimate of drug-likeness (QED) is 0.715. The summed E-state index contributed by atoms with van der Waals surface area (Å²) in [6, 6.07) is 11.9. The minimum atomic E-state index is -0.0192. The van der Waals surface area contributed by atoms with E-state index in [9.17, 15) is 4.79 Å². The van der Waals surface area contributed by atoms with Gasteiger partial charge in [0.15, 0.2) is 0 Å². The van der Waals surface area contributed by atoms with Gasteiger partial charge in [-0.1, -0.05) is 35.9 Å². The Balaban J connectivity index is 1.58. The Morgan fingerprint density at radius 1 is 1.26 bits per heavy atom. The molecule has 1 amide bonds. The number of benzene rings is 1. The molecule has 0 atom stereocenters. The molecule has 3 aromatic rings. The van der Waals surface area contributed by atoms with Crippen molar-refractivity contribution in [3.8, 4) is 9.88 Å². The average molecular weight is 363 g/mol. The van der Waals surface area contributed by atoms with Gasteiger partial charge >= 0.3 is 0 Å². The molecule has 118 valence electrons. The minimum absolute atomic E-state index is 0.0192. The Morgan fingerprint density at radius 3 is 2.83 bits per heavy atom. The Hall–Kier alpha value is -1.69. The zero-order valence-electron chi connectivity index (χ0n) is 12.5. The summed E-state index contributed by atoms with van der Waals surface area (Å²) in [5.74, 6) is -0.0192. The van der Waals surface area contributed by atoms with Crippen LogP contribution in [0, 0.1) is 6.92 Å². The second kappa shape index (κ2) is 7.25. The Kier molecular flexibility index (Phi) is 5.10. The maximum absolute atomic E-state index is 12.1. The van der Waals surface area contributed by atoms with Gasteiger partial charge in [-0.15, -0.1) is 22.7 Å². The van der Waals surface area contributed by atoms with Crippen LogP contribution in [0.1, 0.15) is 16.8 Å². The molecular weight excluding hydrogens is 348 g/mol. The van der Waals surface area contributed by atoms with Gasteiger partial charge in [-0.3, -0.25) is 4.79 Å². The van der Waals surface area contributed by atoms with Gasteiger partial charge in [-0.25, -0.2) is 4.98 Å². The molecule has 0 saturated carbocycles. The van der Waals surface area contributed by atoms with E-state index in [2.05, 4.69) is 10.3 Å². The Bertz CT molecular complexity index is 825. The second-order valence-electron chi connectivity index (χ2n) is 5.13. The van der Waals surface area contributed by atoms with E-state index in [0.717, 1.165) is 25.5 Å². The largest absolute Gasteiger partial charge is 0.352 e. The van der Waals surface area contributed by atoms with Crippen molar-refractivity contribution in [2.45, 2.75) is 19.9 Å². The molecule has 2 heterocycles. The predicted molar refractivity (Wildman–Crippen MR) is 97.2 cm³/mol. The number of hydrogen-bond donors (Lipinski definition) is 1. The van der Waals surface area contributed by atoms with Gasteiger partial charge in [0.05, 0.1) is 21.3 Å². The Morgan fingerprint density at radius 2 is 2.09 bits per heavy atom. The second-order valence-corrected chi connectivity index (χ2v) is 7.70. The number of thiophene rings is 1. The predicted octanol–water partition coefficient (Wildman–Crippen LogP) is 4.69. The standard InChI is InChI=1S/C17H15ClN2OS2/c1-11-4-2-3-5-12(11)9-19-16(21)8-13-10-22-17(20-13)14-6-7-15(18)23-14/h2-7,10H,8-9H2,1H3,(H,19,21). The smallest absolute Gasteiger partial charge is 0.226 e. The third kappa shape index (κ3) is 4.19. The molecule has 0 saturated heterocycles. The van der Waals surface area contributed by atoms with E-state index >= 15 is 0 Å². The number of carbonyl (C=O) groups is 1. The molecule has 0 bridgehead atoms. The van der Waals surface area contributed by atoms with Crippen molar-refractivity contribution >= 4 is 40.2 Å². The van der Waals surface area contributed by atoms with E-state index < -0.39 is 0 Å². The molecule has 0 aliphatic heterocycles. The molecule has 0 unspecified atom stereocenters. The van der Waals surface area contributed by atoms with Crippen LogP contribution in [0.3, 0.4) is 0 Å². The van der Waals surface area contributed by atoms with Crippen LogP contribution in [0.25, 0.3) is 9.88 Å². The van der Waals surface area contributed by atoms with Gasteiger partial charge in [0.25, 0.3) is 0 Å². The minimum Gasteiger partial charge on any atom is -0.352 e. The van der Waals surface area contributed by atoms with Crippen molar-refractivity contribution in [2.75, 3.05) is 0 Å². The number of halogens is 1. The molecule has 3 rings (SSSR count). The SMILES string of the molecule is Cc1ccccc1CNC(=O)Cc1csc(-c2ccc(Cl)s2)n1. The summed E-state index contributed by atoms with van der Waals surface area (Å²) >= 11 is 8.98. The van der Waals surface area contributed by atoms with Crippen LogP contribution in [0.15, 0.2) is 41.8 Å². The van der Waals surface area contributed by atoms with Crippen molar-refractivity contribution in [3.05, 3.63) is 62.9 Å². The van der Waals surface area contributed by atoms with Gasteiger partial charge in [-0.2, -0.15) is 0 Å². The number of amides is 1. The summed E-state index contributed by atoms with van der Waals surface area (Å²) < 4.78 is 0.743. The fourth-order valence-corrected chi connectivity index (χ4v) is 4.09. The van der Waals surface area contributed by atoms with Crippen LogP contribution >= 0.6 is 34.3 Å². The molecule has 0 aliphatic carbocycles. The molecule has 3 nitrogen and oxygen atoms in total. The highest BCUT2D eigenvalue weighted by molar-refractivity contribution is 7.23. The van der Waals surface area contributed by atoms with Crippen molar-refractivity contribution in [2.24, 2.45) is 0 Å². The highest BCUT2D eigenvalue weighted by atomic mass is 35.5. The molecule has 1 aromatic carbocycles. The zero-order chi connectivity index (χ0) is 16.2. The lowest BCUT2D eigenvalue weighted by atomic mass is 10.1. The van der Waals surface area contributed by atoms with E-state index in [1.54, 1.807) is 0 Å². The lowest BCUT2D eigenvalue weighted by Gasteiger charge is -2.07. The summed E-state index contributed by atoms with van der Waals surface area (Å²) in [5.41, 5.74) is 3.10. The van der Waals surface area contributed by atoms with Crippen molar-refractivity contribution < 1.29 is 4.79 Å². The molecular formula is C17H15ClN2OS2. The van der Waals surface area contributed by atoms with Crippen LogP contribution in [-0.2, 0) is 17.8 Å². The first-order valence-electron chi connectivity index (χ1n) is 7.13. The molecule has 1 N–H and O–H groups in total. The number of rotatable bonds is 5. The maximum atomic E-state index is 12.1. The Labute approximate surface area is 148 Å². The first-order chi connectivity index (χ1) is 11.1. The van der Waals surface area contributed by atoms with Gasteiger partial charge in [0, 0.05) is 11.9 Å². The van der Waals surface area contributed by atoms with E-state index in [1.807, 2.05) is 48.7 Å². The molecule has 0 spiro atoms. The lowest BCUT2D eigenvalue weighted by molar-refractivity contribution is -0.120. The van der Waals surface area contributed by atoms with Crippen molar-refractivity contribution in [3.63, 3.8) is 0 Å². The highest BCUT2D eigenvalue weighted by Gasteiger charge is 2.10. The molecule has 0 fully saturated rings. The maximum Gasteiger partial charge on any atom is 0.226 e. The van der Waals surface area contributed by atoms with Crippen LogP contribution in [0.4, 0.5) is 0 Å². The monoisotopic (exact) mass is 362 g/mol. The third-order valence-corrected chi connectivity index (χ3v) is 5.71. The van der Waals surface area contributed by atoms with Crippen LogP contribution in [0.2, 0.25) is 4.34 Å². The molecule has 2 aromatic heterocycles. The number of hydrogen-bond acceptors (Lipinski definition) is 4. The third-order valence-electron chi connectivity index (χ3n) is 3.41. The number of aryl methyl sites for hydroxylation is 1. The van der Waals surface area contributed by atoms with Crippen LogP contribution < -0.4 is 5.32 Å². The molecule has 6 heteroatoms. The summed E-state index contributed by atoms with van der Waals surface area (Å²) in [6.07, 6.45) is 0.293. The molecule has 23 heavy (non-hydrogen) atoms. The lowest BCUT2D eigenvalue weighted by Crippen LogP contribution is -2.25. The number of thiazole rings is 1. The molecule has 0 radical (unpaired) electrons. The summed E-state index contributed by atoms with van der Waals surface area (Å²) in [7, 11) is 0. The van der Waals surface area contributed by atoms with Gasteiger partial charge in [0.1, 0.15) is 5.01 Å². The summed E-state index contributed by atoms with van der Waals surface area (Å²) in [6.45, 7) is 2.59. The van der Waals surface area contributed by atoms with E-state index in [4.69, 9.17) is 11.6 Å². The topological polar surface area (TPSA) is 42.0 Å². The summed E-state index contributed by atoms with van der Waals surface area (Å²) in [5, 5.41) is 5.78. The highest BCUT2D eigenvalue weighted by Crippen LogP contribution is 2.32. The van der Waals surface area contributed by atoms with Crippen molar-refractivity contribution in [1.82, 2.24) is 10.3 Å².